The van der Waals surface area contributed by atoms with Crippen molar-refractivity contribution in [3.63, 3.8) is 0 Å². The van der Waals surface area contributed by atoms with Crippen LogP contribution < -0.4 is 5.32 Å². The molecule has 4 rings (SSSR count). The van der Waals surface area contributed by atoms with E-state index in [0.29, 0.717) is 22.4 Å². The summed E-state index contributed by atoms with van der Waals surface area (Å²) in [4.78, 5) is 41.9. The lowest BCUT2D eigenvalue weighted by atomic mass is 9.89. The van der Waals surface area contributed by atoms with Crippen molar-refractivity contribution >= 4 is 17.7 Å². The van der Waals surface area contributed by atoms with Gasteiger partial charge in [-0.15, -0.1) is 0 Å². The monoisotopic (exact) mass is 480 g/mol. The van der Waals surface area contributed by atoms with E-state index in [9.17, 15) is 14.4 Å². The zero-order valence-corrected chi connectivity index (χ0v) is 20.5. The fourth-order valence-corrected chi connectivity index (χ4v) is 4.32. The van der Waals surface area contributed by atoms with Gasteiger partial charge in [-0.2, -0.15) is 0 Å². The molecule has 0 bridgehead atoms. The van der Waals surface area contributed by atoms with Gasteiger partial charge in [0, 0.05) is 22.9 Å². The molecule has 3 aromatic carbocycles. The van der Waals surface area contributed by atoms with Crippen LogP contribution >= 0.6 is 0 Å². The molecule has 0 saturated carbocycles. The average molecular weight is 481 g/mol. The second kappa shape index (κ2) is 10.9. The van der Waals surface area contributed by atoms with Crippen LogP contribution in [0, 0.1) is 6.92 Å². The number of carbonyl (C=O) groups is 3. The van der Waals surface area contributed by atoms with Crippen LogP contribution in [0.2, 0.25) is 0 Å². The number of hydrogen-bond acceptors (Lipinski definition) is 5. The quantitative estimate of drug-likeness (QED) is 0.293. The van der Waals surface area contributed by atoms with Gasteiger partial charge in [0.05, 0.1) is 18.2 Å². The van der Waals surface area contributed by atoms with E-state index in [4.69, 9.17) is 4.74 Å². The molecule has 1 aliphatic heterocycles. The number of amides is 1. The fourth-order valence-electron chi connectivity index (χ4n) is 4.32. The Morgan fingerprint density at radius 2 is 1.44 bits per heavy atom. The third-order valence-electron chi connectivity index (χ3n) is 6.05. The summed E-state index contributed by atoms with van der Waals surface area (Å²) in [5.74, 6) is -0.843. The molecular weight excluding hydrogens is 452 g/mol. The molecule has 1 heterocycles. The zero-order chi connectivity index (χ0) is 25.7. The standard InChI is InChI=1S/C30H28N2O4/c1-4-36-30(35)27-21(3)31-26(19-25(33)22-14-7-5-8-15-22)32(29(34)23-16-9-6-10-17-23)28(27)24-18-12-11-13-20(24)2/h5-19,28,31H,4H2,1-3H3/b26-19+. The van der Waals surface area contributed by atoms with E-state index in [-0.39, 0.29) is 24.1 Å². The maximum Gasteiger partial charge on any atom is 0.338 e. The number of nitrogens with one attached hydrogen (secondary N) is 1. The molecule has 0 saturated heterocycles. The van der Waals surface area contributed by atoms with Crippen LogP contribution in [0.3, 0.4) is 0 Å². The van der Waals surface area contributed by atoms with Gasteiger partial charge in [-0.3, -0.25) is 14.5 Å². The summed E-state index contributed by atoms with van der Waals surface area (Å²) in [5, 5.41) is 3.15. The van der Waals surface area contributed by atoms with E-state index in [1.807, 2.05) is 43.3 Å². The van der Waals surface area contributed by atoms with Crippen LogP contribution in [0.25, 0.3) is 0 Å². The Morgan fingerprint density at radius 1 is 0.861 bits per heavy atom. The lowest BCUT2D eigenvalue weighted by molar-refractivity contribution is -0.139. The van der Waals surface area contributed by atoms with Gasteiger partial charge in [0.2, 0.25) is 0 Å². The number of ketones is 1. The highest BCUT2D eigenvalue weighted by molar-refractivity contribution is 6.06. The molecule has 0 spiro atoms. The average Bonchev–Trinajstić information content (AvgIpc) is 2.89. The van der Waals surface area contributed by atoms with Crippen molar-refractivity contribution in [2.45, 2.75) is 26.8 Å². The lowest BCUT2D eigenvalue weighted by Crippen LogP contribution is -2.46. The van der Waals surface area contributed by atoms with Gasteiger partial charge in [0.1, 0.15) is 5.82 Å². The second-order valence-corrected chi connectivity index (χ2v) is 8.44. The summed E-state index contributed by atoms with van der Waals surface area (Å²) in [6.07, 6.45) is 1.41. The molecule has 3 aromatic rings. The molecule has 0 radical (unpaired) electrons. The van der Waals surface area contributed by atoms with Gasteiger partial charge in [-0.05, 0) is 44.0 Å². The number of aryl methyl sites for hydroxylation is 1. The SMILES string of the molecule is CCOC(=O)C1=C(C)N/C(=C\C(=O)c2ccccc2)N(C(=O)c2ccccc2)C1c1ccccc1C. The van der Waals surface area contributed by atoms with Crippen LogP contribution in [-0.2, 0) is 9.53 Å². The van der Waals surface area contributed by atoms with Crippen molar-refractivity contribution in [1.29, 1.82) is 0 Å². The maximum absolute atomic E-state index is 14.0. The summed E-state index contributed by atoms with van der Waals surface area (Å²) < 4.78 is 5.40. The molecule has 1 N–H and O–H groups in total. The third-order valence-corrected chi connectivity index (χ3v) is 6.05. The molecule has 1 unspecified atom stereocenters. The number of hydrogen-bond donors (Lipinski definition) is 1. The van der Waals surface area contributed by atoms with Crippen molar-refractivity contribution in [1.82, 2.24) is 10.2 Å². The fraction of sp³-hybridized carbons (Fsp3) is 0.167. The molecule has 0 fully saturated rings. The minimum absolute atomic E-state index is 0.192. The minimum atomic E-state index is -0.797. The second-order valence-electron chi connectivity index (χ2n) is 8.44. The molecule has 1 atom stereocenters. The Hall–Kier alpha value is -4.45. The Morgan fingerprint density at radius 3 is 2.06 bits per heavy atom. The zero-order valence-electron chi connectivity index (χ0n) is 20.5. The number of esters is 1. The Kier molecular flexibility index (Phi) is 7.44. The van der Waals surface area contributed by atoms with Gasteiger partial charge in [-0.1, -0.05) is 72.8 Å². The molecule has 36 heavy (non-hydrogen) atoms. The molecule has 6 heteroatoms. The summed E-state index contributed by atoms with van der Waals surface area (Å²) in [7, 11) is 0. The summed E-state index contributed by atoms with van der Waals surface area (Å²) >= 11 is 0. The first-order chi connectivity index (χ1) is 17.4. The molecule has 1 aliphatic rings. The number of carbonyl (C=O) groups excluding carboxylic acids is 3. The van der Waals surface area contributed by atoms with E-state index < -0.39 is 12.0 Å². The van der Waals surface area contributed by atoms with Crippen LogP contribution in [0.5, 0.6) is 0 Å². The van der Waals surface area contributed by atoms with Crippen molar-refractivity contribution < 1.29 is 19.1 Å². The predicted molar refractivity (Wildman–Crippen MR) is 138 cm³/mol. The molecule has 0 aliphatic carbocycles. The van der Waals surface area contributed by atoms with E-state index in [0.717, 1.165) is 11.1 Å². The highest BCUT2D eigenvalue weighted by Gasteiger charge is 2.41. The Bertz CT molecular complexity index is 1340. The van der Waals surface area contributed by atoms with E-state index >= 15 is 0 Å². The smallest absolute Gasteiger partial charge is 0.338 e. The van der Waals surface area contributed by atoms with Gasteiger partial charge in [0.15, 0.2) is 5.78 Å². The van der Waals surface area contributed by atoms with E-state index in [1.165, 1.54) is 11.0 Å². The van der Waals surface area contributed by atoms with Crippen LogP contribution in [-0.4, -0.2) is 29.2 Å². The molecule has 182 valence electrons. The first kappa shape index (κ1) is 24.7. The van der Waals surface area contributed by atoms with Gasteiger partial charge < -0.3 is 10.1 Å². The van der Waals surface area contributed by atoms with Crippen LogP contribution in [0.15, 0.2) is 108 Å². The number of benzene rings is 3. The Balaban J connectivity index is 1.95. The van der Waals surface area contributed by atoms with Crippen molar-refractivity contribution in [2.75, 3.05) is 6.61 Å². The van der Waals surface area contributed by atoms with Gasteiger partial charge in [0.25, 0.3) is 5.91 Å². The first-order valence-electron chi connectivity index (χ1n) is 11.8. The van der Waals surface area contributed by atoms with Crippen molar-refractivity contribution in [3.05, 3.63) is 130 Å². The number of allylic oxidation sites excluding steroid dienone is 2. The predicted octanol–water partition coefficient (Wildman–Crippen LogP) is 5.34. The normalized spacial score (nSPS) is 16.5. The lowest BCUT2D eigenvalue weighted by Gasteiger charge is -2.40. The largest absolute Gasteiger partial charge is 0.463 e. The minimum Gasteiger partial charge on any atom is -0.463 e. The Labute approximate surface area is 210 Å². The molecule has 6 nitrogen and oxygen atoms in total. The molecular formula is C30H28N2O4. The van der Waals surface area contributed by atoms with Crippen molar-refractivity contribution in [2.24, 2.45) is 0 Å². The number of rotatable bonds is 6. The molecule has 1 amide bonds. The molecule has 0 aromatic heterocycles. The topological polar surface area (TPSA) is 75.7 Å². The van der Waals surface area contributed by atoms with Gasteiger partial charge in [-0.25, -0.2) is 4.79 Å². The van der Waals surface area contributed by atoms with Crippen LogP contribution in [0.1, 0.15) is 51.7 Å². The van der Waals surface area contributed by atoms with Gasteiger partial charge >= 0.3 is 5.97 Å². The number of ether oxygens (including phenoxy) is 1. The number of nitrogens with zero attached hydrogens (tertiary/aromatic N) is 1. The third kappa shape index (κ3) is 4.98. The van der Waals surface area contributed by atoms with E-state index in [2.05, 4.69) is 5.32 Å². The van der Waals surface area contributed by atoms with Crippen LogP contribution in [0.4, 0.5) is 0 Å². The maximum atomic E-state index is 14.0. The highest BCUT2D eigenvalue weighted by atomic mass is 16.5. The highest BCUT2D eigenvalue weighted by Crippen LogP contribution is 2.39. The van der Waals surface area contributed by atoms with Crippen molar-refractivity contribution in [3.8, 4) is 0 Å². The first-order valence-corrected chi connectivity index (χ1v) is 11.8. The van der Waals surface area contributed by atoms with E-state index in [1.54, 1.807) is 62.4 Å². The summed E-state index contributed by atoms with van der Waals surface area (Å²) in [6.45, 7) is 5.61. The summed E-state index contributed by atoms with van der Waals surface area (Å²) in [5.41, 5.74) is 3.43. The summed E-state index contributed by atoms with van der Waals surface area (Å²) in [6, 6.07) is 24.4.